The minimum absolute atomic E-state index is 0.0467. The van der Waals surface area contributed by atoms with Gasteiger partial charge in [-0.25, -0.2) is 4.39 Å². The molecule has 0 bridgehead atoms. The van der Waals surface area contributed by atoms with Gasteiger partial charge in [-0.3, -0.25) is 14.2 Å². The molecule has 0 atom stereocenters. The van der Waals surface area contributed by atoms with E-state index in [4.69, 9.17) is 6.42 Å². The van der Waals surface area contributed by atoms with E-state index >= 15 is 0 Å². The highest BCUT2D eigenvalue weighted by molar-refractivity contribution is 7.16. The molecule has 0 saturated heterocycles. The monoisotopic (exact) mass is 382 g/mol. The van der Waals surface area contributed by atoms with Crippen molar-refractivity contribution in [2.75, 3.05) is 0 Å². The van der Waals surface area contributed by atoms with E-state index in [-0.39, 0.29) is 17.7 Å². The van der Waals surface area contributed by atoms with E-state index in [9.17, 15) is 27.2 Å². The standard InChI is InChI=1S/C17H10F4N2O2S/c1-3-6-23-12-7-10(11(18)8-13(12)26-16(23)25)9-4-5-14(17(19,20)21)22(2)15(9)24/h1,4-5,7-8H,6H2,2H3. The van der Waals surface area contributed by atoms with E-state index in [0.717, 1.165) is 30.5 Å². The lowest BCUT2D eigenvalue weighted by Crippen LogP contribution is -2.26. The molecule has 3 aromatic rings. The first-order valence-electron chi connectivity index (χ1n) is 7.19. The average molecular weight is 382 g/mol. The van der Waals surface area contributed by atoms with Gasteiger partial charge >= 0.3 is 11.0 Å². The molecule has 0 unspecified atom stereocenters. The van der Waals surface area contributed by atoms with E-state index < -0.39 is 28.1 Å². The van der Waals surface area contributed by atoms with Crippen LogP contribution in [0.2, 0.25) is 0 Å². The lowest BCUT2D eigenvalue weighted by atomic mass is 10.1. The van der Waals surface area contributed by atoms with Gasteiger partial charge in [-0.1, -0.05) is 17.3 Å². The topological polar surface area (TPSA) is 44.0 Å². The SMILES string of the molecule is C#CCn1c(=O)sc2cc(F)c(-c3ccc(C(F)(F)F)n(C)c3=O)cc21. The fraction of sp³-hybridized carbons (Fsp3) is 0.176. The fourth-order valence-corrected chi connectivity index (χ4v) is 3.55. The summed E-state index contributed by atoms with van der Waals surface area (Å²) in [6, 6.07) is 3.96. The maximum atomic E-state index is 14.5. The number of fused-ring (bicyclic) bond motifs is 1. The highest BCUT2D eigenvalue weighted by Crippen LogP contribution is 2.31. The van der Waals surface area contributed by atoms with Crippen molar-refractivity contribution in [3.05, 3.63) is 55.8 Å². The molecule has 0 aliphatic rings. The number of aromatic nitrogens is 2. The van der Waals surface area contributed by atoms with Gasteiger partial charge in [0.05, 0.1) is 22.3 Å². The minimum atomic E-state index is -4.71. The summed E-state index contributed by atoms with van der Waals surface area (Å²) in [7, 11) is 0.962. The molecule has 134 valence electrons. The van der Waals surface area contributed by atoms with Crippen LogP contribution in [0.4, 0.5) is 17.6 Å². The molecule has 9 heteroatoms. The molecule has 0 amide bonds. The van der Waals surface area contributed by atoms with Crippen molar-refractivity contribution >= 4 is 21.6 Å². The molecule has 0 spiro atoms. The molecule has 4 nitrogen and oxygen atoms in total. The van der Waals surface area contributed by atoms with Crippen LogP contribution >= 0.6 is 11.3 Å². The molecular weight excluding hydrogens is 372 g/mol. The predicted molar refractivity (Wildman–Crippen MR) is 90.6 cm³/mol. The Morgan fingerprint density at radius 3 is 2.50 bits per heavy atom. The Balaban J connectivity index is 2.29. The molecule has 0 N–H and O–H groups in total. The van der Waals surface area contributed by atoms with Crippen molar-refractivity contribution in [1.29, 1.82) is 0 Å². The van der Waals surface area contributed by atoms with E-state index in [1.807, 2.05) is 0 Å². The summed E-state index contributed by atoms with van der Waals surface area (Å²) < 4.78 is 55.1. The first-order valence-corrected chi connectivity index (χ1v) is 8.00. The predicted octanol–water partition coefficient (Wildman–Crippen LogP) is 3.22. The second-order valence-corrected chi connectivity index (χ2v) is 6.45. The van der Waals surface area contributed by atoms with Gasteiger partial charge < -0.3 is 4.57 Å². The summed E-state index contributed by atoms with van der Waals surface area (Å²) in [5.41, 5.74) is -2.27. The van der Waals surface area contributed by atoms with Gasteiger partial charge in [-0.2, -0.15) is 13.2 Å². The number of nitrogens with zero attached hydrogens (tertiary/aromatic N) is 2. The number of pyridine rings is 1. The Morgan fingerprint density at radius 1 is 1.19 bits per heavy atom. The molecule has 0 saturated carbocycles. The van der Waals surface area contributed by atoms with Crippen LogP contribution in [-0.4, -0.2) is 9.13 Å². The molecule has 0 radical (unpaired) electrons. The zero-order valence-corrected chi connectivity index (χ0v) is 14.0. The van der Waals surface area contributed by atoms with Gasteiger partial charge in [-0.15, -0.1) is 6.42 Å². The number of hydrogen-bond donors (Lipinski definition) is 0. The van der Waals surface area contributed by atoms with Crippen LogP contribution in [0.3, 0.4) is 0 Å². The van der Waals surface area contributed by atoms with Crippen molar-refractivity contribution in [2.24, 2.45) is 7.05 Å². The van der Waals surface area contributed by atoms with Crippen molar-refractivity contribution < 1.29 is 17.6 Å². The molecule has 2 aromatic heterocycles. The van der Waals surface area contributed by atoms with Gasteiger partial charge in [0.25, 0.3) is 5.56 Å². The molecule has 0 aliphatic heterocycles. The second-order valence-electron chi connectivity index (χ2n) is 5.45. The van der Waals surface area contributed by atoms with Crippen LogP contribution < -0.4 is 10.4 Å². The summed E-state index contributed by atoms with van der Waals surface area (Å²) >= 11 is 0.790. The Morgan fingerprint density at radius 2 is 1.88 bits per heavy atom. The summed E-state index contributed by atoms with van der Waals surface area (Å²) in [4.78, 5) is 23.9. The first kappa shape index (κ1) is 17.9. The third kappa shape index (κ3) is 2.82. The number of terminal acetylenes is 1. The molecule has 26 heavy (non-hydrogen) atoms. The van der Waals surface area contributed by atoms with E-state index in [1.54, 1.807) is 0 Å². The lowest BCUT2D eigenvalue weighted by molar-refractivity contribution is -0.143. The zero-order chi connectivity index (χ0) is 19.2. The molecule has 3 rings (SSSR count). The van der Waals surface area contributed by atoms with Crippen LogP contribution in [0.5, 0.6) is 0 Å². The number of halogens is 4. The first-order chi connectivity index (χ1) is 12.1. The number of thiazole rings is 1. The Kier molecular flexibility index (Phi) is 4.24. The smallest absolute Gasteiger partial charge is 0.307 e. The van der Waals surface area contributed by atoms with E-state index in [2.05, 4.69) is 5.92 Å². The maximum absolute atomic E-state index is 14.5. The van der Waals surface area contributed by atoms with Crippen molar-refractivity contribution in [2.45, 2.75) is 12.7 Å². The van der Waals surface area contributed by atoms with Crippen LogP contribution in [0.1, 0.15) is 5.69 Å². The number of hydrogen-bond acceptors (Lipinski definition) is 3. The van der Waals surface area contributed by atoms with Crippen molar-refractivity contribution in [3.63, 3.8) is 0 Å². The van der Waals surface area contributed by atoms with Gasteiger partial charge in [0.1, 0.15) is 11.5 Å². The number of benzene rings is 1. The summed E-state index contributed by atoms with van der Waals surface area (Å²) in [6.07, 6.45) is 0.508. The second kappa shape index (κ2) is 6.14. The maximum Gasteiger partial charge on any atom is 0.431 e. The summed E-state index contributed by atoms with van der Waals surface area (Å²) in [5, 5.41) is 0. The van der Waals surface area contributed by atoms with Crippen molar-refractivity contribution in [1.82, 2.24) is 9.13 Å². The quantitative estimate of drug-likeness (QED) is 0.505. The van der Waals surface area contributed by atoms with Gasteiger partial charge in [0.15, 0.2) is 0 Å². The van der Waals surface area contributed by atoms with Gasteiger partial charge in [0, 0.05) is 12.6 Å². The molecule has 2 heterocycles. The Hall–Kier alpha value is -2.86. The van der Waals surface area contributed by atoms with E-state index in [0.29, 0.717) is 20.9 Å². The Bertz CT molecular complexity index is 1180. The van der Waals surface area contributed by atoms with Gasteiger partial charge in [0.2, 0.25) is 0 Å². The molecule has 0 fully saturated rings. The zero-order valence-electron chi connectivity index (χ0n) is 13.2. The molecular formula is C17H10F4N2O2S. The summed E-state index contributed by atoms with van der Waals surface area (Å²) in [5.74, 6) is 1.49. The van der Waals surface area contributed by atoms with Crippen LogP contribution in [0.15, 0.2) is 33.9 Å². The largest absolute Gasteiger partial charge is 0.431 e. The minimum Gasteiger partial charge on any atom is -0.307 e. The van der Waals surface area contributed by atoms with Crippen molar-refractivity contribution in [3.8, 4) is 23.5 Å². The highest BCUT2D eigenvalue weighted by Gasteiger charge is 2.34. The molecule has 1 aromatic carbocycles. The molecule has 0 aliphatic carbocycles. The summed E-state index contributed by atoms with van der Waals surface area (Å²) in [6.45, 7) is -0.0467. The van der Waals surface area contributed by atoms with Crippen LogP contribution in [0.25, 0.3) is 21.3 Å². The Labute approximate surface area is 147 Å². The average Bonchev–Trinajstić information content (AvgIpc) is 2.83. The van der Waals surface area contributed by atoms with Crippen LogP contribution in [-0.2, 0) is 19.8 Å². The third-order valence-electron chi connectivity index (χ3n) is 3.89. The van der Waals surface area contributed by atoms with Crippen LogP contribution in [0, 0.1) is 18.2 Å². The normalized spacial score (nSPS) is 11.7. The fourth-order valence-electron chi connectivity index (χ4n) is 2.66. The highest BCUT2D eigenvalue weighted by atomic mass is 32.1. The number of alkyl halides is 3. The third-order valence-corrected chi connectivity index (χ3v) is 4.83. The number of rotatable bonds is 2. The van der Waals surface area contributed by atoms with Gasteiger partial charge in [-0.05, 0) is 24.3 Å². The lowest BCUT2D eigenvalue weighted by Gasteiger charge is -2.13. The van der Waals surface area contributed by atoms with E-state index in [1.165, 1.54) is 10.6 Å².